The molecule has 0 spiro atoms. The van der Waals surface area contributed by atoms with Crippen molar-refractivity contribution in [1.29, 1.82) is 0 Å². The van der Waals surface area contributed by atoms with Gasteiger partial charge in [0.15, 0.2) is 0 Å². The fraction of sp³-hybridized carbons (Fsp3) is 0. The molecule has 0 saturated heterocycles. The molecule has 1 heterocycles. The van der Waals surface area contributed by atoms with E-state index in [-0.39, 0.29) is 10.9 Å². The molecule has 0 saturated carbocycles. The molecule has 0 aliphatic heterocycles. The van der Waals surface area contributed by atoms with E-state index in [1.807, 2.05) is 0 Å². The first-order valence-corrected chi connectivity index (χ1v) is 4.30. The van der Waals surface area contributed by atoms with E-state index in [4.69, 9.17) is 0 Å². The highest BCUT2D eigenvalue weighted by atomic mass is 19.4. The van der Waals surface area contributed by atoms with Crippen LogP contribution in [0.25, 0.3) is 10.8 Å². The van der Waals surface area contributed by atoms with Crippen molar-refractivity contribution >= 4 is 23.2 Å². The second kappa shape index (κ2) is 3.15. The Hall–Kier alpha value is -1.72. The molecule has 2 rings (SSSR count). The molecule has 0 aliphatic rings. The number of hydrogen-bond acceptors (Lipinski definition) is 1. The van der Waals surface area contributed by atoms with E-state index in [1.54, 1.807) is 0 Å². The van der Waals surface area contributed by atoms with Crippen LogP contribution in [0.4, 0.5) is 12.9 Å². The van der Waals surface area contributed by atoms with Crippen molar-refractivity contribution in [2.75, 3.05) is 0 Å². The third kappa shape index (κ3) is 1.75. The molecule has 2 nitrogen and oxygen atoms in total. The van der Waals surface area contributed by atoms with Crippen molar-refractivity contribution in [1.82, 2.24) is 4.98 Å². The number of hydrogen-bond donors (Lipinski definition) is 1. The van der Waals surface area contributed by atoms with Crippen molar-refractivity contribution in [3.05, 3.63) is 40.8 Å². The molecule has 0 atom stereocenters. The minimum atomic E-state index is -5.01. The van der Waals surface area contributed by atoms with Crippen LogP contribution < -0.4 is 11.0 Å². The second-order valence-electron chi connectivity index (χ2n) is 3.23. The highest BCUT2D eigenvalue weighted by Gasteiger charge is 2.25. The number of fused-ring (bicyclic) bond motifs is 1. The molecule has 1 N–H and O–H groups in total. The average Bonchev–Trinajstić information content (AvgIpc) is 2.16. The van der Waals surface area contributed by atoms with Crippen molar-refractivity contribution in [3.8, 4) is 0 Å². The second-order valence-corrected chi connectivity index (χ2v) is 3.23. The van der Waals surface area contributed by atoms with Crippen LogP contribution in [-0.2, 0) is 0 Å². The van der Waals surface area contributed by atoms with Gasteiger partial charge in [-0.1, -0.05) is 18.2 Å². The van der Waals surface area contributed by atoms with Crippen LogP contribution >= 0.6 is 0 Å². The van der Waals surface area contributed by atoms with Crippen molar-refractivity contribution < 1.29 is 12.9 Å². The molecule has 1 aromatic carbocycles. The molecule has 2 aromatic rings. The van der Waals surface area contributed by atoms with Crippen LogP contribution in [0.2, 0.25) is 0 Å². The van der Waals surface area contributed by atoms with E-state index in [1.165, 1.54) is 18.3 Å². The van der Waals surface area contributed by atoms with Gasteiger partial charge < -0.3 is 17.9 Å². The van der Waals surface area contributed by atoms with Crippen molar-refractivity contribution in [3.63, 3.8) is 0 Å². The van der Waals surface area contributed by atoms with Gasteiger partial charge in [-0.25, -0.2) is 0 Å². The van der Waals surface area contributed by atoms with Crippen molar-refractivity contribution in [2.24, 2.45) is 0 Å². The van der Waals surface area contributed by atoms with Gasteiger partial charge in [-0.2, -0.15) is 0 Å². The normalized spacial score (nSPS) is 11.9. The van der Waals surface area contributed by atoms with E-state index in [0.29, 0.717) is 5.39 Å². The smallest absolute Gasteiger partial charge is 0.445 e. The van der Waals surface area contributed by atoms with E-state index < -0.39 is 12.4 Å². The third-order valence-corrected chi connectivity index (χ3v) is 2.18. The predicted octanol–water partition coefficient (Wildman–Crippen LogP) is 1.58. The van der Waals surface area contributed by atoms with Crippen LogP contribution in [0.15, 0.2) is 35.3 Å². The van der Waals surface area contributed by atoms with E-state index >= 15 is 0 Å². The monoisotopic (exact) mass is 212 g/mol. The summed E-state index contributed by atoms with van der Waals surface area (Å²) in [6, 6.07) is 4.56. The number of halogens is 3. The SMILES string of the molecule is O=c1[nH]ccc2cc([B-](F)(F)F)ccc12. The van der Waals surface area contributed by atoms with Crippen LogP contribution in [-0.4, -0.2) is 12.0 Å². The summed E-state index contributed by atoms with van der Waals surface area (Å²) in [7, 11) is 0. The fourth-order valence-electron chi connectivity index (χ4n) is 1.41. The summed E-state index contributed by atoms with van der Waals surface area (Å²) in [5.41, 5.74) is -1.07. The Morgan fingerprint density at radius 1 is 1.13 bits per heavy atom. The lowest BCUT2D eigenvalue weighted by Crippen LogP contribution is -2.33. The lowest BCUT2D eigenvalue weighted by atomic mass is 9.79. The summed E-state index contributed by atoms with van der Waals surface area (Å²) < 4.78 is 37.2. The first kappa shape index (κ1) is 9.83. The first-order chi connectivity index (χ1) is 6.98. The number of aromatic amines is 1. The lowest BCUT2D eigenvalue weighted by molar-refractivity contribution is 0.501. The number of benzene rings is 1. The van der Waals surface area contributed by atoms with Crippen LogP contribution in [0.3, 0.4) is 0 Å². The Labute approximate surface area is 82.8 Å². The quantitative estimate of drug-likeness (QED) is 0.715. The maximum absolute atomic E-state index is 12.4. The van der Waals surface area contributed by atoms with E-state index in [9.17, 15) is 17.7 Å². The van der Waals surface area contributed by atoms with Gasteiger partial charge in [0.2, 0.25) is 0 Å². The highest BCUT2D eigenvalue weighted by molar-refractivity contribution is 6.73. The fourth-order valence-corrected chi connectivity index (χ4v) is 1.41. The number of nitrogens with one attached hydrogen (secondary N) is 1. The molecule has 0 unspecified atom stereocenters. The summed E-state index contributed by atoms with van der Waals surface area (Å²) in [4.78, 5) is 13.6. The Balaban J connectivity index is 2.73. The molecule has 0 amide bonds. The zero-order chi connectivity index (χ0) is 11.1. The molecule has 78 valence electrons. The van der Waals surface area contributed by atoms with Gasteiger partial charge in [0.1, 0.15) is 0 Å². The average molecular weight is 212 g/mol. The van der Waals surface area contributed by atoms with Gasteiger partial charge in [0.05, 0.1) is 0 Å². The molecular weight excluding hydrogens is 206 g/mol. The maximum atomic E-state index is 12.4. The number of pyridine rings is 1. The summed E-state index contributed by atoms with van der Waals surface area (Å²) in [6.07, 6.45) is 1.33. The molecule has 0 radical (unpaired) electrons. The number of aromatic nitrogens is 1. The zero-order valence-electron chi connectivity index (χ0n) is 7.51. The molecule has 15 heavy (non-hydrogen) atoms. The number of H-pyrrole nitrogens is 1. The minimum Gasteiger partial charge on any atom is -0.445 e. The predicted molar refractivity (Wildman–Crippen MR) is 53.3 cm³/mol. The Morgan fingerprint density at radius 3 is 2.53 bits per heavy atom. The molecule has 6 heteroatoms. The topological polar surface area (TPSA) is 32.9 Å². The minimum absolute atomic E-state index is 0.265. The molecule has 0 aliphatic carbocycles. The van der Waals surface area contributed by atoms with Crippen LogP contribution in [0.5, 0.6) is 0 Å². The van der Waals surface area contributed by atoms with Crippen LogP contribution in [0.1, 0.15) is 0 Å². The first-order valence-electron chi connectivity index (χ1n) is 4.30. The summed E-state index contributed by atoms with van der Waals surface area (Å²) in [6.45, 7) is -5.01. The van der Waals surface area contributed by atoms with Crippen LogP contribution in [0, 0.1) is 0 Å². The lowest BCUT2D eigenvalue weighted by Gasteiger charge is -2.14. The van der Waals surface area contributed by atoms with Gasteiger partial charge in [0.25, 0.3) is 5.56 Å². The van der Waals surface area contributed by atoms with Gasteiger partial charge in [-0.3, -0.25) is 4.79 Å². The summed E-state index contributed by atoms with van der Waals surface area (Å²) in [5.74, 6) is 0. The zero-order valence-corrected chi connectivity index (χ0v) is 7.51. The Kier molecular flexibility index (Phi) is 2.06. The standard InChI is InChI=1S/C9H6BF3NO/c11-10(12,13)7-1-2-8-6(5-7)3-4-14-9(8)15/h1-5H,(H,14,15)/q-1. The van der Waals surface area contributed by atoms with E-state index in [2.05, 4.69) is 4.98 Å². The molecule has 1 aromatic heterocycles. The third-order valence-electron chi connectivity index (χ3n) is 2.18. The molecular formula is C9H6BF3NO-. The maximum Gasteiger partial charge on any atom is 0.509 e. The van der Waals surface area contributed by atoms with Gasteiger partial charge in [0, 0.05) is 11.6 Å². The molecule has 0 fully saturated rings. The highest BCUT2D eigenvalue weighted by Crippen LogP contribution is 2.13. The largest absolute Gasteiger partial charge is 0.509 e. The number of rotatable bonds is 1. The summed E-state index contributed by atoms with van der Waals surface area (Å²) >= 11 is 0. The van der Waals surface area contributed by atoms with E-state index in [0.717, 1.165) is 12.1 Å². The van der Waals surface area contributed by atoms with Gasteiger partial charge in [-0.05, 0) is 11.5 Å². The van der Waals surface area contributed by atoms with Gasteiger partial charge >= 0.3 is 6.98 Å². The molecule has 0 bridgehead atoms. The summed E-state index contributed by atoms with van der Waals surface area (Å²) in [5, 5.41) is 0.566. The Morgan fingerprint density at radius 2 is 1.87 bits per heavy atom. The Bertz CT molecular complexity index is 561. The van der Waals surface area contributed by atoms with Crippen molar-refractivity contribution in [2.45, 2.75) is 0 Å². The van der Waals surface area contributed by atoms with Gasteiger partial charge in [-0.15, -0.1) is 5.46 Å².